The second-order valence-electron chi connectivity index (χ2n) is 11.6. The highest BCUT2D eigenvalue weighted by atomic mass is 79.9. The van der Waals surface area contributed by atoms with Crippen molar-refractivity contribution in [2.24, 2.45) is 32.5 Å². The van der Waals surface area contributed by atoms with Gasteiger partial charge in [0.05, 0.1) is 10.8 Å². The Kier molecular flexibility index (Phi) is 4.75. The van der Waals surface area contributed by atoms with Crippen LogP contribution in [0.3, 0.4) is 0 Å². The van der Waals surface area contributed by atoms with Gasteiger partial charge >= 0.3 is 0 Å². The molecule has 6 aliphatic carbocycles. The minimum atomic E-state index is -0.294. The number of carbonyl (C=O) groups is 2. The fraction of sp³-hybridized carbons (Fsp3) is 0.913. The van der Waals surface area contributed by atoms with Gasteiger partial charge in [0.15, 0.2) is 0 Å². The van der Waals surface area contributed by atoms with Crippen LogP contribution in [0.25, 0.3) is 0 Å². The summed E-state index contributed by atoms with van der Waals surface area (Å²) < 4.78 is 0. The number of hydrogen-bond donors (Lipinski definition) is 2. The zero-order chi connectivity index (χ0) is 21.7. The van der Waals surface area contributed by atoms with E-state index < -0.39 is 0 Å². The van der Waals surface area contributed by atoms with Crippen LogP contribution in [0.4, 0.5) is 0 Å². The van der Waals surface area contributed by atoms with Crippen LogP contribution in [0.1, 0.15) is 73.6 Å². The van der Waals surface area contributed by atoms with Crippen LogP contribution in [0, 0.1) is 32.5 Å². The number of fused-ring (bicyclic) bond motifs is 2. The lowest BCUT2D eigenvalue weighted by molar-refractivity contribution is -0.161. The Morgan fingerprint density at radius 2 is 1.07 bits per heavy atom. The summed E-state index contributed by atoms with van der Waals surface area (Å²) in [4.78, 5) is 26.6. The molecule has 0 spiro atoms. The van der Waals surface area contributed by atoms with Gasteiger partial charge in [0.1, 0.15) is 0 Å². The Bertz CT molecular complexity index is 706. The minimum absolute atomic E-state index is 0.0153. The second-order valence-corrected chi connectivity index (χ2v) is 13.4. The number of rotatable bonds is 6. The number of carbonyl (C=O) groups excluding carboxylic acids is 2. The van der Waals surface area contributed by atoms with Crippen molar-refractivity contribution in [3.05, 3.63) is 0 Å². The Morgan fingerprint density at radius 1 is 0.724 bits per heavy atom. The zero-order valence-electron chi connectivity index (χ0n) is 18.7. The molecule has 2 amide bonds. The molecule has 29 heavy (non-hydrogen) atoms. The van der Waals surface area contributed by atoms with Crippen molar-refractivity contribution in [1.82, 2.24) is 10.6 Å². The molecule has 6 heteroatoms. The number of halogens is 2. The van der Waals surface area contributed by atoms with E-state index in [4.69, 9.17) is 0 Å². The van der Waals surface area contributed by atoms with E-state index in [9.17, 15) is 9.59 Å². The molecule has 0 aliphatic heterocycles. The SMILES string of the molecule is CC12CCC(C(=O)NCCCNC(=O)C34CCC(C)(C3Br)C4(C)C)(C1Br)C2(C)C. The number of hydrogen-bond acceptors (Lipinski definition) is 2. The third-order valence-electron chi connectivity index (χ3n) is 10.9. The predicted octanol–water partition coefficient (Wildman–Crippen LogP) is 4.79. The maximum absolute atomic E-state index is 13.1. The van der Waals surface area contributed by atoms with E-state index in [2.05, 4.69) is 84.0 Å². The smallest absolute Gasteiger partial charge is 0.227 e. The quantitative estimate of drug-likeness (QED) is 0.382. The van der Waals surface area contributed by atoms with E-state index in [1.807, 2.05) is 0 Å². The molecule has 0 radical (unpaired) electrons. The number of amides is 2. The van der Waals surface area contributed by atoms with E-state index in [1.165, 1.54) is 0 Å². The average molecular weight is 532 g/mol. The minimum Gasteiger partial charge on any atom is -0.356 e. The fourth-order valence-corrected chi connectivity index (χ4v) is 11.3. The first-order chi connectivity index (χ1) is 13.3. The highest BCUT2D eigenvalue weighted by Gasteiger charge is 2.80. The summed E-state index contributed by atoms with van der Waals surface area (Å²) in [5, 5.41) is 6.34. The van der Waals surface area contributed by atoms with Crippen LogP contribution in [0.15, 0.2) is 0 Å². The first-order valence-electron chi connectivity index (χ1n) is 11.1. The lowest BCUT2D eigenvalue weighted by Crippen LogP contribution is -2.69. The monoisotopic (exact) mass is 530 g/mol. The van der Waals surface area contributed by atoms with Gasteiger partial charge in [-0.15, -0.1) is 0 Å². The standard InChI is InChI=1S/C23H36Br2N2O2/c1-18(2)20(5)8-10-22(18,14(20)24)16(28)26-12-7-13-27-17(29)23-11-9-21(6,15(23)25)19(23,3)4/h14-15H,7-13H2,1-6H3,(H,26,28)(H,27,29). The van der Waals surface area contributed by atoms with Crippen molar-refractivity contribution in [3.8, 4) is 0 Å². The molecule has 0 aromatic heterocycles. The Labute approximate surface area is 192 Å². The molecule has 6 saturated carbocycles. The number of alkyl halides is 2. The highest BCUT2D eigenvalue weighted by Crippen LogP contribution is 2.80. The Balaban J connectivity index is 1.27. The van der Waals surface area contributed by atoms with Crippen LogP contribution in [-0.2, 0) is 9.59 Å². The molecular formula is C23H36Br2N2O2. The molecule has 6 rings (SSSR count). The molecule has 4 bridgehead atoms. The third kappa shape index (κ3) is 2.12. The van der Waals surface area contributed by atoms with Crippen LogP contribution in [0.5, 0.6) is 0 Å². The van der Waals surface area contributed by atoms with E-state index >= 15 is 0 Å². The van der Waals surface area contributed by atoms with E-state index in [1.54, 1.807) is 0 Å². The van der Waals surface area contributed by atoms with Crippen LogP contribution in [0.2, 0.25) is 0 Å². The van der Waals surface area contributed by atoms with Crippen LogP contribution >= 0.6 is 31.9 Å². The summed E-state index contributed by atoms with van der Waals surface area (Å²) in [5.41, 5.74) is -0.151. The summed E-state index contributed by atoms with van der Waals surface area (Å²) in [6, 6.07) is 0. The van der Waals surface area contributed by atoms with Gasteiger partial charge in [0.25, 0.3) is 0 Å². The molecule has 6 aliphatic rings. The number of nitrogens with one attached hydrogen (secondary N) is 2. The fourth-order valence-electron chi connectivity index (χ4n) is 7.72. The summed E-state index contributed by atoms with van der Waals surface area (Å²) >= 11 is 7.66. The van der Waals surface area contributed by atoms with E-state index in [0.717, 1.165) is 32.1 Å². The second kappa shape index (κ2) is 6.24. The van der Waals surface area contributed by atoms with Crippen LogP contribution in [-0.4, -0.2) is 34.6 Å². The molecule has 0 aromatic rings. The molecule has 0 aromatic carbocycles. The maximum atomic E-state index is 13.1. The molecule has 6 unspecified atom stereocenters. The van der Waals surface area contributed by atoms with Crippen molar-refractivity contribution >= 4 is 43.7 Å². The molecule has 2 N–H and O–H groups in total. The van der Waals surface area contributed by atoms with Gasteiger partial charge in [-0.2, -0.15) is 0 Å². The van der Waals surface area contributed by atoms with Gasteiger partial charge in [-0.05, 0) is 53.8 Å². The van der Waals surface area contributed by atoms with E-state index in [0.29, 0.717) is 13.1 Å². The third-order valence-corrected chi connectivity index (χ3v) is 14.5. The maximum Gasteiger partial charge on any atom is 0.227 e. The highest BCUT2D eigenvalue weighted by molar-refractivity contribution is 9.09. The molecule has 6 atom stereocenters. The molecule has 4 nitrogen and oxygen atoms in total. The van der Waals surface area contributed by atoms with Gasteiger partial charge in [-0.3, -0.25) is 9.59 Å². The molecule has 0 saturated heterocycles. The normalized spacial score (nSPS) is 47.9. The van der Waals surface area contributed by atoms with Gasteiger partial charge < -0.3 is 10.6 Å². The molecular weight excluding hydrogens is 496 g/mol. The predicted molar refractivity (Wildman–Crippen MR) is 123 cm³/mol. The van der Waals surface area contributed by atoms with Crippen molar-refractivity contribution < 1.29 is 9.59 Å². The summed E-state index contributed by atoms with van der Waals surface area (Å²) in [6.45, 7) is 14.8. The van der Waals surface area contributed by atoms with Gasteiger partial charge in [0.2, 0.25) is 11.8 Å². The summed E-state index contributed by atoms with van der Waals surface area (Å²) in [6.07, 6.45) is 4.88. The van der Waals surface area contributed by atoms with Gasteiger partial charge in [-0.1, -0.05) is 73.4 Å². The van der Waals surface area contributed by atoms with Gasteiger partial charge in [-0.25, -0.2) is 0 Å². The average Bonchev–Trinajstić information content (AvgIpc) is 3.26. The first kappa shape index (κ1) is 22.1. The molecule has 164 valence electrons. The molecule has 6 fully saturated rings. The largest absolute Gasteiger partial charge is 0.356 e. The lowest BCUT2D eigenvalue weighted by Gasteiger charge is -2.64. The van der Waals surface area contributed by atoms with Crippen molar-refractivity contribution in [1.29, 1.82) is 0 Å². The zero-order valence-corrected chi connectivity index (χ0v) is 21.8. The topological polar surface area (TPSA) is 58.2 Å². The van der Waals surface area contributed by atoms with Gasteiger partial charge in [0, 0.05) is 22.7 Å². The first-order valence-corrected chi connectivity index (χ1v) is 13.0. The van der Waals surface area contributed by atoms with Crippen molar-refractivity contribution in [2.75, 3.05) is 13.1 Å². The summed E-state index contributed by atoms with van der Waals surface area (Å²) in [5.74, 6) is 0.355. The van der Waals surface area contributed by atoms with E-state index in [-0.39, 0.29) is 54.0 Å². The lowest BCUT2D eigenvalue weighted by atomic mass is 9.43. The summed E-state index contributed by atoms with van der Waals surface area (Å²) in [7, 11) is 0. The van der Waals surface area contributed by atoms with Crippen LogP contribution < -0.4 is 10.6 Å². The Hall–Kier alpha value is -0.100. The van der Waals surface area contributed by atoms with Crippen molar-refractivity contribution in [2.45, 2.75) is 83.3 Å². The molecule has 0 heterocycles. The van der Waals surface area contributed by atoms with Crippen molar-refractivity contribution in [3.63, 3.8) is 0 Å². The Morgan fingerprint density at radius 3 is 1.31 bits per heavy atom.